The molecule has 2 rings (SSSR count). The fraction of sp³-hybridized carbons (Fsp3) is 0.759. The highest BCUT2D eigenvalue weighted by atomic mass is 28.3. The minimum atomic E-state index is -1.22. The Bertz CT molecular complexity index is 779. The number of likely N-dealkylation sites (tertiary alicyclic amines) is 1. The summed E-state index contributed by atoms with van der Waals surface area (Å²) in [7, 11) is -1.22. The van der Waals surface area contributed by atoms with Gasteiger partial charge in [-0.3, -0.25) is 9.69 Å². The SMILES string of the molecule is CC(C)(CC(C)(C)C1CCN(C(C)(C)CC(C)(C)[Si](C)(C)C)CC1)Oc1ccc(C=O)cc1. The summed E-state index contributed by atoms with van der Waals surface area (Å²) in [6.07, 6.45) is 5.67. The molecular weight excluding hydrogens is 422 g/mol. The van der Waals surface area contributed by atoms with Gasteiger partial charge in [-0.15, -0.1) is 0 Å². The van der Waals surface area contributed by atoms with Gasteiger partial charge in [0.05, 0.1) is 0 Å². The van der Waals surface area contributed by atoms with Gasteiger partial charge in [-0.2, -0.15) is 0 Å². The quantitative estimate of drug-likeness (QED) is 0.254. The van der Waals surface area contributed by atoms with E-state index in [0.717, 1.165) is 18.5 Å². The molecule has 188 valence electrons. The minimum absolute atomic E-state index is 0.208. The summed E-state index contributed by atoms with van der Waals surface area (Å²) >= 11 is 0. The average Bonchev–Trinajstić information content (AvgIpc) is 2.66. The first-order valence-electron chi connectivity index (χ1n) is 12.9. The molecule has 1 heterocycles. The smallest absolute Gasteiger partial charge is 0.150 e. The number of ether oxygens (including phenoxy) is 1. The zero-order valence-electron chi connectivity index (χ0n) is 23.5. The Hall–Kier alpha value is -1.13. The molecule has 1 fully saturated rings. The molecule has 1 aromatic carbocycles. The van der Waals surface area contributed by atoms with Crippen LogP contribution in [0.5, 0.6) is 5.75 Å². The second kappa shape index (κ2) is 9.85. The van der Waals surface area contributed by atoms with Gasteiger partial charge in [0.1, 0.15) is 17.6 Å². The van der Waals surface area contributed by atoms with E-state index in [0.29, 0.717) is 16.5 Å². The van der Waals surface area contributed by atoms with Crippen LogP contribution < -0.4 is 4.74 Å². The Morgan fingerprint density at radius 1 is 0.909 bits per heavy atom. The van der Waals surface area contributed by atoms with Crippen LogP contribution in [0.15, 0.2) is 24.3 Å². The lowest BCUT2D eigenvalue weighted by Gasteiger charge is -2.51. The zero-order chi connectivity index (χ0) is 25.3. The molecule has 0 aromatic heterocycles. The Labute approximate surface area is 205 Å². The van der Waals surface area contributed by atoms with Gasteiger partial charge >= 0.3 is 0 Å². The Morgan fingerprint density at radius 3 is 1.88 bits per heavy atom. The van der Waals surface area contributed by atoms with E-state index in [4.69, 9.17) is 4.74 Å². The molecule has 4 heteroatoms. The van der Waals surface area contributed by atoms with Crippen molar-refractivity contribution in [1.29, 1.82) is 0 Å². The van der Waals surface area contributed by atoms with Crippen molar-refractivity contribution in [3.8, 4) is 5.75 Å². The summed E-state index contributed by atoms with van der Waals surface area (Å²) in [6.45, 7) is 29.1. The van der Waals surface area contributed by atoms with Crippen molar-refractivity contribution in [3.63, 3.8) is 0 Å². The first kappa shape index (κ1) is 28.1. The summed E-state index contributed by atoms with van der Waals surface area (Å²) in [5.74, 6) is 1.54. The Balaban J connectivity index is 1.98. The predicted molar refractivity (Wildman–Crippen MR) is 145 cm³/mol. The van der Waals surface area contributed by atoms with Crippen molar-refractivity contribution < 1.29 is 9.53 Å². The van der Waals surface area contributed by atoms with Gasteiger partial charge in [0, 0.05) is 19.2 Å². The van der Waals surface area contributed by atoms with Gasteiger partial charge in [-0.25, -0.2) is 0 Å². The predicted octanol–water partition coefficient (Wildman–Crippen LogP) is 8.07. The average molecular weight is 474 g/mol. The Morgan fingerprint density at radius 2 is 1.42 bits per heavy atom. The van der Waals surface area contributed by atoms with Gasteiger partial charge in [-0.1, -0.05) is 47.3 Å². The van der Waals surface area contributed by atoms with Gasteiger partial charge in [-0.05, 0) is 107 Å². The molecule has 0 radical (unpaired) electrons. The van der Waals surface area contributed by atoms with Crippen LogP contribution in [0, 0.1) is 11.3 Å². The second-order valence-electron chi connectivity index (χ2n) is 14.1. The number of aldehydes is 1. The molecule has 0 saturated carbocycles. The topological polar surface area (TPSA) is 29.5 Å². The molecule has 1 aromatic rings. The van der Waals surface area contributed by atoms with Crippen molar-refractivity contribution >= 4 is 14.4 Å². The van der Waals surface area contributed by atoms with Gasteiger partial charge in [0.15, 0.2) is 0 Å². The highest BCUT2D eigenvalue weighted by molar-refractivity contribution is 6.79. The number of benzene rings is 1. The fourth-order valence-corrected chi connectivity index (χ4v) is 6.90. The van der Waals surface area contributed by atoms with Crippen LogP contribution in [0.25, 0.3) is 0 Å². The van der Waals surface area contributed by atoms with E-state index in [-0.39, 0.29) is 16.6 Å². The summed E-state index contributed by atoms with van der Waals surface area (Å²) in [6, 6.07) is 7.46. The van der Waals surface area contributed by atoms with E-state index in [2.05, 4.69) is 79.9 Å². The molecule has 0 amide bonds. The molecule has 0 spiro atoms. The summed E-state index contributed by atoms with van der Waals surface area (Å²) in [5, 5.41) is 0.428. The van der Waals surface area contributed by atoms with Crippen LogP contribution in [-0.4, -0.2) is 43.5 Å². The first-order valence-corrected chi connectivity index (χ1v) is 16.4. The summed E-state index contributed by atoms with van der Waals surface area (Å²) in [4.78, 5) is 13.7. The molecule has 0 N–H and O–H groups in total. The standard InChI is InChI=1S/C29H51NO2Si/c1-26(2,21-28(5,6)32-25-14-12-23(20-31)13-15-25)24-16-18-30(19-17-24)27(3,4)22-29(7,8)33(9,10)11/h12-15,20,24H,16-19,21-22H2,1-11H3. The molecule has 0 atom stereocenters. The molecule has 1 aliphatic heterocycles. The normalized spacial score (nSPS) is 17.8. The molecule has 0 aliphatic carbocycles. The molecule has 0 unspecified atom stereocenters. The van der Waals surface area contributed by atoms with Crippen molar-refractivity contribution in [2.45, 2.75) is 117 Å². The van der Waals surface area contributed by atoms with Gasteiger partial charge in [0.2, 0.25) is 0 Å². The maximum absolute atomic E-state index is 10.9. The van der Waals surface area contributed by atoms with E-state index in [1.54, 1.807) is 0 Å². The van der Waals surface area contributed by atoms with Crippen LogP contribution in [0.4, 0.5) is 0 Å². The van der Waals surface area contributed by atoms with Crippen LogP contribution >= 0.6 is 0 Å². The van der Waals surface area contributed by atoms with Crippen LogP contribution in [-0.2, 0) is 0 Å². The molecule has 1 aliphatic rings. The largest absolute Gasteiger partial charge is 0.488 e. The van der Waals surface area contributed by atoms with Crippen molar-refractivity contribution in [1.82, 2.24) is 4.90 Å². The highest BCUT2D eigenvalue weighted by Gasteiger charge is 2.44. The van der Waals surface area contributed by atoms with Crippen LogP contribution in [0.2, 0.25) is 24.7 Å². The number of rotatable bonds is 10. The number of carbonyl (C=O) groups is 1. The Kier molecular flexibility index (Phi) is 8.39. The van der Waals surface area contributed by atoms with E-state index in [1.165, 1.54) is 32.4 Å². The van der Waals surface area contributed by atoms with E-state index in [1.807, 2.05) is 24.3 Å². The third-order valence-corrected chi connectivity index (χ3v) is 12.9. The molecule has 1 saturated heterocycles. The van der Waals surface area contributed by atoms with Crippen LogP contribution in [0.1, 0.15) is 91.4 Å². The second-order valence-corrected chi connectivity index (χ2v) is 20.0. The van der Waals surface area contributed by atoms with E-state index >= 15 is 0 Å². The zero-order valence-corrected chi connectivity index (χ0v) is 24.5. The number of nitrogens with zero attached hydrogens (tertiary/aromatic N) is 1. The highest BCUT2D eigenvalue weighted by Crippen LogP contribution is 2.47. The van der Waals surface area contributed by atoms with Crippen molar-refractivity contribution in [3.05, 3.63) is 29.8 Å². The molecule has 0 bridgehead atoms. The molecular formula is C29H51NO2Si. The molecule has 3 nitrogen and oxygen atoms in total. The van der Waals surface area contributed by atoms with Gasteiger partial charge < -0.3 is 4.74 Å². The lowest BCUT2D eigenvalue weighted by molar-refractivity contribution is -0.00754. The summed E-state index contributed by atoms with van der Waals surface area (Å²) in [5.41, 5.74) is 0.877. The lowest BCUT2D eigenvalue weighted by atomic mass is 9.68. The number of hydrogen-bond donors (Lipinski definition) is 0. The maximum Gasteiger partial charge on any atom is 0.150 e. The summed E-state index contributed by atoms with van der Waals surface area (Å²) < 4.78 is 6.37. The van der Waals surface area contributed by atoms with E-state index < -0.39 is 8.07 Å². The first-order chi connectivity index (χ1) is 14.9. The lowest BCUT2D eigenvalue weighted by Crippen LogP contribution is -2.53. The maximum atomic E-state index is 10.9. The van der Waals surface area contributed by atoms with E-state index in [9.17, 15) is 4.79 Å². The van der Waals surface area contributed by atoms with Crippen LogP contribution in [0.3, 0.4) is 0 Å². The minimum Gasteiger partial charge on any atom is -0.488 e. The van der Waals surface area contributed by atoms with Crippen molar-refractivity contribution in [2.75, 3.05) is 13.1 Å². The number of carbonyl (C=O) groups excluding carboxylic acids is 1. The monoisotopic (exact) mass is 473 g/mol. The third kappa shape index (κ3) is 7.42. The van der Waals surface area contributed by atoms with Crippen molar-refractivity contribution in [2.24, 2.45) is 11.3 Å². The number of piperidine rings is 1. The van der Waals surface area contributed by atoms with Gasteiger partial charge in [0.25, 0.3) is 0 Å². The fourth-order valence-electron chi connectivity index (χ4n) is 5.94. The molecule has 33 heavy (non-hydrogen) atoms. The number of hydrogen-bond acceptors (Lipinski definition) is 3. The third-order valence-electron chi connectivity index (χ3n) is 8.65.